The third-order valence-corrected chi connectivity index (χ3v) is 5.05. The first-order valence-corrected chi connectivity index (χ1v) is 9.01. The van der Waals surface area contributed by atoms with E-state index in [-0.39, 0.29) is 5.56 Å². The zero-order valence-electron chi connectivity index (χ0n) is 15.5. The van der Waals surface area contributed by atoms with Crippen LogP contribution in [0.1, 0.15) is 17.7 Å². The SMILES string of the molecule is COc1ccc(CC2CCN(Cc3cc(=O)n4[nH]cnc4n3)C2)cc1OC. The van der Waals surface area contributed by atoms with Gasteiger partial charge in [-0.2, -0.15) is 4.52 Å². The van der Waals surface area contributed by atoms with Crippen LogP contribution >= 0.6 is 0 Å². The van der Waals surface area contributed by atoms with Gasteiger partial charge in [-0.1, -0.05) is 6.07 Å². The number of aromatic amines is 1. The van der Waals surface area contributed by atoms with E-state index in [2.05, 4.69) is 32.1 Å². The number of likely N-dealkylation sites (tertiary alicyclic amines) is 1. The Balaban J connectivity index is 1.40. The molecule has 0 amide bonds. The molecule has 142 valence electrons. The first kappa shape index (κ1) is 17.5. The summed E-state index contributed by atoms with van der Waals surface area (Å²) in [7, 11) is 3.30. The van der Waals surface area contributed by atoms with Crippen LogP contribution in [0.3, 0.4) is 0 Å². The van der Waals surface area contributed by atoms with Gasteiger partial charge in [0.05, 0.1) is 19.9 Å². The number of hydrogen-bond acceptors (Lipinski definition) is 6. The molecule has 0 aliphatic carbocycles. The van der Waals surface area contributed by atoms with Crippen LogP contribution in [0.4, 0.5) is 0 Å². The zero-order chi connectivity index (χ0) is 18.8. The summed E-state index contributed by atoms with van der Waals surface area (Å²) in [6.07, 6.45) is 3.59. The minimum absolute atomic E-state index is 0.131. The van der Waals surface area contributed by atoms with Gasteiger partial charge in [-0.3, -0.25) is 14.8 Å². The maximum absolute atomic E-state index is 12.1. The van der Waals surface area contributed by atoms with Gasteiger partial charge in [-0.15, -0.1) is 0 Å². The summed E-state index contributed by atoms with van der Waals surface area (Å²) in [5.41, 5.74) is 1.88. The second kappa shape index (κ2) is 7.40. The molecule has 0 saturated carbocycles. The highest BCUT2D eigenvalue weighted by atomic mass is 16.5. The Morgan fingerprint density at radius 3 is 2.89 bits per heavy atom. The number of rotatable bonds is 6. The van der Waals surface area contributed by atoms with Crippen molar-refractivity contribution in [2.45, 2.75) is 19.4 Å². The molecule has 8 nitrogen and oxygen atoms in total. The van der Waals surface area contributed by atoms with E-state index in [4.69, 9.17) is 9.47 Å². The quantitative estimate of drug-likeness (QED) is 0.709. The highest BCUT2D eigenvalue weighted by Crippen LogP contribution is 2.30. The molecule has 1 atom stereocenters. The molecule has 0 radical (unpaired) electrons. The lowest BCUT2D eigenvalue weighted by molar-refractivity contribution is 0.312. The molecule has 0 bridgehead atoms. The van der Waals surface area contributed by atoms with Crippen molar-refractivity contribution in [3.8, 4) is 11.5 Å². The minimum Gasteiger partial charge on any atom is -0.493 e. The number of H-pyrrole nitrogens is 1. The van der Waals surface area contributed by atoms with E-state index in [0.29, 0.717) is 18.2 Å². The van der Waals surface area contributed by atoms with E-state index >= 15 is 0 Å². The summed E-state index contributed by atoms with van der Waals surface area (Å²) in [5.74, 6) is 2.50. The van der Waals surface area contributed by atoms with Crippen LogP contribution in [-0.2, 0) is 13.0 Å². The predicted molar refractivity (Wildman–Crippen MR) is 100 cm³/mol. The average molecular weight is 369 g/mol. The summed E-state index contributed by atoms with van der Waals surface area (Å²) in [6, 6.07) is 7.68. The summed E-state index contributed by atoms with van der Waals surface area (Å²) in [5, 5.41) is 2.76. The van der Waals surface area contributed by atoms with Gasteiger partial charge >= 0.3 is 0 Å². The summed E-state index contributed by atoms with van der Waals surface area (Å²) in [6.45, 7) is 2.65. The first-order valence-electron chi connectivity index (χ1n) is 9.01. The largest absolute Gasteiger partial charge is 0.493 e. The zero-order valence-corrected chi connectivity index (χ0v) is 15.5. The number of hydrogen-bond donors (Lipinski definition) is 1. The lowest BCUT2D eigenvalue weighted by atomic mass is 9.98. The maximum Gasteiger partial charge on any atom is 0.274 e. The Morgan fingerprint density at radius 2 is 2.07 bits per heavy atom. The van der Waals surface area contributed by atoms with E-state index in [1.807, 2.05) is 6.07 Å². The van der Waals surface area contributed by atoms with Gasteiger partial charge in [0.25, 0.3) is 11.3 Å². The third kappa shape index (κ3) is 3.66. The van der Waals surface area contributed by atoms with Crippen molar-refractivity contribution in [2.75, 3.05) is 27.3 Å². The van der Waals surface area contributed by atoms with Crippen molar-refractivity contribution in [1.29, 1.82) is 0 Å². The van der Waals surface area contributed by atoms with E-state index in [0.717, 1.165) is 43.1 Å². The Kier molecular flexibility index (Phi) is 4.81. The molecule has 1 aliphatic heterocycles. The fraction of sp³-hybridized carbons (Fsp3) is 0.421. The number of ether oxygens (including phenoxy) is 2. The van der Waals surface area contributed by atoms with E-state index < -0.39 is 0 Å². The van der Waals surface area contributed by atoms with Gasteiger partial charge in [0.1, 0.15) is 6.33 Å². The van der Waals surface area contributed by atoms with Crippen LogP contribution in [0, 0.1) is 5.92 Å². The number of nitrogens with zero attached hydrogens (tertiary/aromatic N) is 4. The highest BCUT2D eigenvalue weighted by molar-refractivity contribution is 5.43. The van der Waals surface area contributed by atoms with Crippen molar-refractivity contribution in [1.82, 2.24) is 24.5 Å². The molecule has 3 heterocycles. The number of nitrogens with one attached hydrogen (secondary N) is 1. The molecule has 27 heavy (non-hydrogen) atoms. The Morgan fingerprint density at radius 1 is 1.22 bits per heavy atom. The number of aromatic nitrogens is 4. The molecule has 1 aliphatic rings. The van der Waals surface area contributed by atoms with Crippen molar-refractivity contribution < 1.29 is 9.47 Å². The Hall–Kier alpha value is -2.87. The second-order valence-corrected chi connectivity index (χ2v) is 6.89. The standard InChI is InChI=1S/C19H23N5O3/c1-26-16-4-3-13(8-17(16)27-2)7-14-5-6-23(10-14)11-15-9-18(25)24-19(22-15)20-12-21-24/h3-4,8-9,12,14H,5-7,10-11H2,1-2H3,(H,20,21,22). The third-order valence-electron chi connectivity index (χ3n) is 5.05. The topological polar surface area (TPSA) is 84.8 Å². The van der Waals surface area contributed by atoms with E-state index in [1.165, 1.54) is 16.4 Å². The Bertz CT molecular complexity index is 996. The summed E-state index contributed by atoms with van der Waals surface area (Å²) >= 11 is 0. The summed E-state index contributed by atoms with van der Waals surface area (Å²) in [4.78, 5) is 22.9. The van der Waals surface area contributed by atoms with E-state index in [9.17, 15) is 4.79 Å². The van der Waals surface area contributed by atoms with Crippen molar-refractivity contribution in [3.05, 3.63) is 52.2 Å². The molecule has 3 aromatic rings. The van der Waals surface area contributed by atoms with Gasteiger partial charge in [0.15, 0.2) is 11.5 Å². The van der Waals surface area contributed by atoms with Gasteiger partial charge in [0, 0.05) is 19.2 Å². The van der Waals surface area contributed by atoms with Gasteiger partial charge in [-0.05, 0) is 43.0 Å². The van der Waals surface area contributed by atoms with E-state index in [1.54, 1.807) is 20.3 Å². The fourth-order valence-corrected chi connectivity index (χ4v) is 3.74. The van der Waals surface area contributed by atoms with Crippen LogP contribution in [0.15, 0.2) is 35.4 Å². The van der Waals surface area contributed by atoms with Crippen LogP contribution in [0.2, 0.25) is 0 Å². The number of methoxy groups -OCH3 is 2. The lowest BCUT2D eigenvalue weighted by Crippen LogP contribution is -2.24. The average Bonchev–Trinajstić information content (AvgIpc) is 3.31. The molecule has 8 heteroatoms. The summed E-state index contributed by atoms with van der Waals surface area (Å²) < 4.78 is 12.0. The van der Waals surface area contributed by atoms with Crippen LogP contribution in [0.5, 0.6) is 11.5 Å². The molecule has 2 aromatic heterocycles. The molecule has 1 fully saturated rings. The van der Waals surface area contributed by atoms with Gasteiger partial charge < -0.3 is 9.47 Å². The predicted octanol–water partition coefficient (Wildman–Crippen LogP) is 1.50. The normalized spacial score (nSPS) is 17.5. The number of benzene rings is 1. The van der Waals surface area contributed by atoms with Crippen molar-refractivity contribution in [2.24, 2.45) is 5.92 Å². The van der Waals surface area contributed by atoms with Crippen molar-refractivity contribution in [3.63, 3.8) is 0 Å². The minimum atomic E-state index is -0.131. The highest BCUT2D eigenvalue weighted by Gasteiger charge is 2.23. The molecule has 1 saturated heterocycles. The molecular formula is C19H23N5O3. The monoisotopic (exact) mass is 369 g/mol. The second-order valence-electron chi connectivity index (χ2n) is 6.89. The van der Waals surface area contributed by atoms with Crippen molar-refractivity contribution >= 4 is 5.78 Å². The molecule has 1 unspecified atom stereocenters. The van der Waals surface area contributed by atoms with Gasteiger partial charge in [0.2, 0.25) is 0 Å². The number of fused-ring (bicyclic) bond motifs is 1. The lowest BCUT2D eigenvalue weighted by Gasteiger charge is -2.16. The molecule has 0 spiro atoms. The fourth-order valence-electron chi connectivity index (χ4n) is 3.74. The molecule has 1 N–H and O–H groups in total. The molecule has 1 aromatic carbocycles. The molecular weight excluding hydrogens is 346 g/mol. The van der Waals surface area contributed by atoms with Gasteiger partial charge in [-0.25, -0.2) is 9.97 Å². The maximum atomic E-state index is 12.1. The first-order chi connectivity index (χ1) is 13.2. The van der Waals surface area contributed by atoms with Crippen LogP contribution in [-0.4, -0.2) is 51.8 Å². The smallest absolute Gasteiger partial charge is 0.274 e. The van der Waals surface area contributed by atoms with Crippen LogP contribution < -0.4 is 15.0 Å². The van der Waals surface area contributed by atoms with Crippen LogP contribution in [0.25, 0.3) is 5.78 Å². The Labute approximate surface area is 156 Å². The molecule has 4 rings (SSSR count).